The van der Waals surface area contributed by atoms with E-state index in [2.05, 4.69) is 72.0 Å². The quantitative estimate of drug-likeness (QED) is 0.350. The molecular formula is C29H42N2O4. The van der Waals surface area contributed by atoms with Gasteiger partial charge in [-0.1, -0.05) is 45.1 Å². The third-order valence-corrected chi connectivity index (χ3v) is 12.0. The molecule has 7 rings (SSSR count). The van der Waals surface area contributed by atoms with E-state index in [1.807, 2.05) is 0 Å². The van der Waals surface area contributed by atoms with E-state index in [1.165, 1.54) is 5.06 Å². The molecule has 5 fully saturated rings. The summed E-state index contributed by atoms with van der Waals surface area (Å²) in [6, 6.07) is 0. The largest absolute Gasteiger partial charge is 0.393 e. The smallest absolute Gasteiger partial charge is 0.206 e. The highest BCUT2D eigenvalue weighted by molar-refractivity contribution is 5.37. The van der Waals surface area contributed by atoms with Gasteiger partial charge in [-0.15, -0.1) is 0 Å². The van der Waals surface area contributed by atoms with Crippen LogP contribution in [0.3, 0.4) is 0 Å². The minimum atomic E-state index is -0.688. The lowest BCUT2D eigenvalue weighted by Crippen LogP contribution is -2.78. The standard InChI is InChI=1S/C29H42N2O4/c1-18(7-12-27(6)24(2,3)34-27)20-15-21(33)23-25(20,4)10-9-22-26(5)11-8-19(32)16-28(26)13-14-29(22,23)35-31(28)17-30/h7,12-14,18-23,32-33H,8-11,15-16H2,1-6H3/b12-7+/t18-,19+,20-,21-,22-,23-,25-,26-,27?,28-,29-/m1/s1. The molecule has 35 heavy (non-hydrogen) atoms. The molecule has 3 aliphatic heterocycles. The molecule has 3 heterocycles. The molecule has 11 atom stereocenters. The Kier molecular flexibility index (Phi) is 4.74. The van der Waals surface area contributed by atoms with Gasteiger partial charge in [0.05, 0.1) is 17.8 Å². The Hall–Kier alpha value is -1.39. The summed E-state index contributed by atoms with van der Waals surface area (Å²) >= 11 is 0. The number of aliphatic hydroxyl groups is 2. The van der Waals surface area contributed by atoms with Crippen molar-refractivity contribution < 1.29 is 19.8 Å². The molecule has 7 aliphatic rings. The van der Waals surface area contributed by atoms with Gasteiger partial charge in [-0.25, -0.2) is 0 Å². The maximum Gasteiger partial charge on any atom is 0.206 e. The predicted molar refractivity (Wildman–Crippen MR) is 131 cm³/mol. The number of epoxide rings is 1. The van der Waals surface area contributed by atoms with Crippen LogP contribution in [0, 0.1) is 46.0 Å². The van der Waals surface area contributed by atoms with Crippen LogP contribution in [-0.4, -0.2) is 49.8 Å². The summed E-state index contributed by atoms with van der Waals surface area (Å²) in [5, 5.41) is 33.9. The van der Waals surface area contributed by atoms with Crippen LogP contribution < -0.4 is 0 Å². The molecule has 2 bridgehead atoms. The third-order valence-electron chi connectivity index (χ3n) is 12.0. The van der Waals surface area contributed by atoms with Crippen LogP contribution >= 0.6 is 0 Å². The van der Waals surface area contributed by atoms with Crippen LogP contribution in [0.4, 0.5) is 0 Å². The Bertz CT molecular complexity index is 1030. The topological polar surface area (TPSA) is 89.2 Å². The van der Waals surface area contributed by atoms with Gasteiger partial charge in [-0.3, -0.25) is 4.84 Å². The molecule has 0 aromatic rings. The van der Waals surface area contributed by atoms with Crippen molar-refractivity contribution in [1.82, 2.24) is 5.06 Å². The minimum absolute atomic E-state index is 0.0760. The number of nitrogens with zero attached hydrogens (tertiary/aromatic N) is 2. The third kappa shape index (κ3) is 2.74. The van der Waals surface area contributed by atoms with E-state index in [1.54, 1.807) is 0 Å². The lowest BCUT2D eigenvalue weighted by molar-refractivity contribution is -0.386. The molecule has 2 N–H and O–H groups in total. The minimum Gasteiger partial charge on any atom is -0.393 e. The van der Waals surface area contributed by atoms with Crippen LogP contribution in [0.2, 0.25) is 0 Å². The second-order valence-corrected chi connectivity index (χ2v) is 13.8. The monoisotopic (exact) mass is 482 g/mol. The van der Waals surface area contributed by atoms with Gasteiger partial charge in [-0.05, 0) is 70.1 Å². The van der Waals surface area contributed by atoms with E-state index in [4.69, 9.17) is 9.57 Å². The van der Waals surface area contributed by atoms with Crippen molar-refractivity contribution >= 4 is 0 Å². The molecule has 6 nitrogen and oxygen atoms in total. The zero-order valence-corrected chi connectivity index (χ0v) is 22.1. The van der Waals surface area contributed by atoms with Crippen molar-refractivity contribution in [3.05, 3.63) is 24.3 Å². The van der Waals surface area contributed by atoms with Crippen molar-refractivity contribution in [3.8, 4) is 6.19 Å². The number of ether oxygens (including phenoxy) is 1. The van der Waals surface area contributed by atoms with Gasteiger partial charge in [-0.2, -0.15) is 10.3 Å². The summed E-state index contributed by atoms with van der Waals surface area (Å²) in [6.45, 7) is 13.3. The second-order valence-electron chi connectivity index (χ2n) is 13.8. The first kappa shape index (κ1) is 24.0. The van der Waals surface area contributed by atoms with Crippen LogP contribution in [-0.2, 0) is 9.57 Å². The number of hydrogen-bond acceptors (Lipinski definition) is 6. The Morgan fingerprint density at radius 1 is 1.11 bits per heavy atom. The average Bonchev–Trinajstić information content (AvgIpc) is 3.16. The van der Waals surface area contributed by atoms with Gasteiger partial charge >= 0.3 is 0 Å². The first-order valence-corrected chi connectivity index (χ1v) is 13.6. The van der Waals surface area contributed by atoms with E-state index in [0.29, 0.717) is 18.3 Å². The molecule has 2 spiro atoms. The Morgan fingerprint density at radius 3 is 2.49 bits per heavy atom. The summed E-state index contributed by atoms with van der Waals surface area (Å²) in [4.78, 5) is 6.71. The number of hydroxylamine groups is 2. The highest BCUT2D eigenvalue weighted by Crippen LogP contribution is 2.73. The van der Waals surface area contributed by atoms with Gasteiger partial charge in [0.15, 0.2) is 0 Å². The summed E-state index contributed by atoms with van der Waals surface area (Å²) in [6.07, 6.45) is 15.2. The summed E-state index contributed by atoms with van der Waals surface area (Å²) in [5.74, 6) is 0.760. The van der Waals surface area contributed by atoms with E-state index >= 15 is 0 Å². The van der Waals surface area contributed by atoms with E-state index in [9.17, 15) is 15.5 Å². The van der Waals surface area contributed by atoms with Crippen molar-refractivity contribution in [2.24, 2.45) is 34.5 Å². The van der Waals surface area contributed by atoms with Crippen molar-refractivity contribution in [1.29, 1.82) is 5.26 Å². The maximum atomic E-state index is 11.7. The maximum absolute atomic E-state index is 11.7. The van der Waals surface area contributed by atoms with Gasteiger partial charge in [0.1, 0.15) is 16.7 Å². The van der Waals surface area contributed by atoms with E-state index in [-0.39, 0.29) is 33.9 Å². The SMILES string of the molecule is C[C@H](/C=C/C1(C)OC1(C)C)[C@H]1C[C@@H](O)[C@@H]2[C@]1(C)CC[C@H]1[C@]23C=C[C@]2(C[C@@H](O)CC[C@]12C)N(C#N)O3. The molecule has 1 unspecified atom stereocenters. The summed E-state index contributed by atoms with van der Waals surface area (Å²) in [7, 11) is 0. The molecule has 0 radical (unpaired) electrons. The first-order valence-electron chi connectivity index (χ1n) is 13.6. The number of fused-ring (bicyclic) bond motifs is 2. The Labute approximate surface area is 209 Å². The number of nitriles is 1. The van der Waals surface area contributed by atoms with Crippen molar-refractivity contribution in [3.63, 3.8) is 0 Å². The van der Waals surface area contributed by atoms with E-state index in [0.717, 1.165) is 32.1 Å². The molecule has 192 valence electrons. The zero-order valence-electron chi connectivity index (χ0n) is 22.1. The van der Waals surface area contributed by atoms with E-state index < -0.39 is 23.3 Å². The first-order chi connectivity index (χ1) is 16.3. The lowest BCUT2D eigenvalue weighted by atomic mass is 9.41. The highest BCUT2D eigenvalue weighted by Gasteiger charge is 2.77. The van der Waals surface area contributed by atoms with Gasteiger partial charge in [0.25, 0.3) is 0 Å². The van der Waals surface area contributed by atoms with Gasteiger partial charge in [0.2, 0.25) is 6.19 Å². The van der Waals surface area contributed by atoms with Gasteiger partial charge < -0.3 is 14.9 Å². The summed E-state index contributed by atoms with van der Waals surface area (Å²) in [5.41, 5.74) is -1.92. The fraction of sp³-hybridized carbons (Fsp3) is 0.828. The van der Waals surface area contributed by atoms with Crippen molar-refractivity contribution in [2.75, 3.05) is 0 Å². The number of allylic oxidation sites excluding steroid dienone is 1. The fourth-order valence-corrected chi connectivity index (χ4v) is 9.71. The molecule has 0 aromatic carbocycles. The second kappa shape index (κ2) is 6.92. The molecule has 4 aliphatic carbocycles. The van der Waals surface area contributed by atoms with Crippen LogP contribution in [0.25, 0.3) is 0 Å². The molecule has 3 saturated carbocycles. The zero-order chi connectivity index (χ0) is 25.2. The number of hydrogen-bond donors (Lipinski definition) is 2. The lowest BCUT2D eigenvalue weighted by Gasteiger charge is -2.72. The Balaban J connectivity index is 1.38. The summed E-state index contributed by atoms with van der Waals surface area (Å²) < 4.78 is 5.94. The van der Waals surface area contributed by atoms with Crippen molar-refractivity contribution in [2.45, 2.75) is 115 Å². The van der Waals surface area contributed by atoms with Crippen LogP contribution in [0.1, 0.15) is 80.1 Å². The average molecular weight is 483 g/mol. The molecule has 0 aromatic heterocycles. The fourth-order valence-electron chi connectivity index (χ4n) is 9.71. The molecule has 6 heteroatoms. The number of rotatable bonds is 3. The van der Waals surface area contributed by atoms with Crippen LogP contribution in [0.5, 0.6) is 0 Å². The molecule has 2 saturated heterocycles. The van der Waals surface area contributed by atoms with Gasteiger partial charge in [0, 0.05) is 23.7 Å². The van der Waals surface area contributed by atoms with Crippen LogP contribution in [0.15, 0.2) is 24.3 Å². The predicted octanol–water partition coefficient (Wildman–Crippen LogP) is 4.49. The number of aliphatic hydroxyl groups excluding tert-OH is 2. The highest BCUT2D eigenvalue weighted by atomic mass is 16.7. The Morgan fingerprint density at radius 2 is 1.83 bits per heavy atom. The normalized spacial score (nSPS) is 56.3. The molecule has 0 amide bonds. The molecular weight excluding hydrogens is 440 g/mol.